The normalized spacial score (nSPS) is 10.6. The molecule has 1 aromatic carbocycles. The van der Waals surface area contributed by atoms with E-state index in [2.05, 4.69) is 15.0 Å². The molecule has 2 heterocycles. The average Bonchev–Trinajstić information content (AvgIpc) is 2.47. The van der Waals surface area contributed by atoms with Crippen LogP contribution in [-0.2, 0) is 0 Å². The Morgan fingerprint density at radius 1 is 1.15 bits per heavy atom. The minimum absolute atomic E-state index is 0.289. The number of rotatable bonds is 2. The number of nitrogens with zero attached hydrogens (tertiary/aromatic N) is 3. The van der Waals surface area contributed by atoms with Crippen LogP contribution in [0, 0.1) is 0 Å². The number of benzene rings is 1. The number of pyridine rings is 1. The Balaban J connectivity index is 2.19. The van der Waals surface area contributed by atoms with Crippen LogP contribution in [0.3, 0.4) is 0 Å². The van der Waals surface area contributed by atoms with Gasteiger partial charge in [0.25, 0.3) is 0 Å². The predicted octanol–water partition coefficient (Wildman–Crippen LogP) is 1.97. The second-order valence-electron chi connectivity index (χ2n) is 4.22. The molecular formula is C14H10N4O2. The molecule has 0 aliphatic carbocycles. The Bertz CT molecular complexity index is 817. The van der Waals surface area contributed by atoms with Crippen LogP contribution in [0.5, 0.6) is 0 Å². The largest absolute Gasteiger partial charge is 0.475 e. The van der Waals surface area contributed by atoms with Gasteiger partial charge in [0, 0.05) is 17.1 Å². The van der Waals surface area contributed by atoms with Crippen molar-refractivity contribution in [2.45, 2.75) is 0 Å². The number of carboxylic acid groups (broad SMARTS) is 1. The van der Waals surface area contributed by atoms with Crippen molar-refractivity contribution in [2.24, 2.45) is 0 Å². The van der Waals surface area contributed by atoms with Gasteiger partial charge in [-0.15, -0.1) is 0 Å². The molecule has 6 heteroatoms. The molecule has 0 saturated carbocycles. The molecule has 20 heavy (non-hydrogen) atoms. The first-order chi connectivity index (χ1) is 9.65. The second kappa shape index (κ2) is 4.58. The first-order valence-electron chi connectivity index (χ1n) is 5.86. The Kier molecular flexibility index (Phi) is 2.76. The lowest BCUT2D eigenvalue weighted by molar-refractivity contribution is 0.0683. The SMILES string of the molecule is Nc1cnc(C(=O)O)nc1-c1cnc2ccccc2c1. The summed E-state index contributed by atoms with van der Waals surface area (Å²) in [4.78, 5) is 22.9. The topological polar surface area (TPSA) is 102 Å². The van der Waals surface area contributed by atoms with E-state index in [9.17, 15) is 4.79 Å². The van der Waals surface area contributed by atoms with Crippen molar-refractivity contribution in [1.82, 2.24) is 15.0 Å². The summed E-state index contributed by atoms with van der Waals surface area (Å²) in [7, 11) is 0. The lowest BCUT2D eigenvalue weighted by Crippen LogP contribution is -2.07. The number of para-hydroxylation sites is 1. The zero-order chi connectivity index (χ0) is 14.1. The average molecular weight is 266 g/mol. The molecule has 6 nitrogen and oxygen atoms in total. The van der Waals surface area contributed by atoms with Crippen LogP contribution in [0.4, 0.5) is 5.69 Å². The first kappa shape index (κ1) is 12.0. The summed E-state index contributed by atoms with van der Waals surface area (Å²) in [6.07, 6.45) is 2.91. The van der Waals surface area contributed by atoms with Crippen LogP contribution in [0.1, 0.15) is 10.6 Å². The van der Waals surface area contributed by atoms with E-state index in [4.69, 9.17) is 10.8 Å². The lowest BCUT2D eigenvalue weighted by Gasteiger charge is -2.06. The molecule has 98 valence electrons. The summed E-state index contributed by atoms with van der Waals surface area (Å²) >= 11 is 0. The summed E-state index contributed by atoms with van der Waals surface area (Å²) in [5, 5.41) is 9.87. The van der Waals surface area contributed by atoms with Gasteiger partial charge in [-0.25, -0.2) is 14.8 Å². The summed E-state index contributed by atoms with van der Waals surface area (Å²) < 4.78 is 0. The third kappa shape index (κ3) is 2.03. The molecule has 3 aromatic rings. The van der Waals surface area contributed by atoms with Gasteiger partial charge in [-0.3, -0.25) is 4.98 Å². The fourth-order valence-electron chi connectivity index (χ4n) is 1.93. The number of hydrogen-bond acceptors (Lipinski definition) is 5. The van der Waals surface area contributed by atoms with Gasteiger partial charge in [-0.2, -0.15) is 0 Å². The summed E-state index contributed by atoms with van der Waals surface area (Å²) in [5.41, 5.74) is 8.01. The maximum absolute atomic E-state index is 10.9. The van der Waals surface area contributed by atoms with E-state index < -0.39 is 5.97 Å². The summed E-state index contributed by atoms with van der Waals surface area (Å²) in [6.45, 7) is 0. The van der Waals surface area contributed by atoms with Crippen molar-refractivity contribution in [3.63, 3.8) is 0 Å². The molecule has 0 aliphatic heterocycles. The van der Waals surface area contributed by atoms with Gasteiger partial charge in [0.1, 0.15) is 0 Å². The highest BCUT2D eigenvalue weighted by Gasteiger charge is 2.12. The van der Waals surface area contributed by atoms with Crippen LogP contribution in [-0.4, -0.2) is 26.0 Å². The Morgan fingerprint density at radius 2 is 1.95 bits per heavy atom. The van der Waals surface area contributed by atoms with E-state index in [-0.39, 0.29) is 5.82 Å². The van der Waals surface area contributed by atoms with Gasteiger partial charge in [0.05, 0.1) is 23.1 Å². The highest BCUT2D eigenvalue weighted by molar-refractivity contribution is 5.87. The number of aromatic nitrogens is 3. The molecule has 3 N–H and O–H groups in total. The van der Waals surface area contributed by atoms with Gasteiger partial charge >= 0.3 is 5.97 Å². The van der Waals surface area contributed by atoms with E-state index in [1.54, 1.807) is 6.20 Å². The van der Waals surface area contributed by atoms with E-state index in [1.807, 2.05) is 30.3 Å². The van der Waals surface area contributed by atoms with E-state index in [0.29, 0.717) is 16.9 Å². The maximum atomic E-state index is 10.9. The van der Waals surface area contributed by atoms with Crippen LogP contribution >= 0.6 is 0 Å². The van der Waals surface area contributed by atoms with Crippen LogP contribution < -0.4 is 5.73 Å². The fourth-order valence-corrected chi connectivity index (χ4v) is 1.93. The molecule has 0 fully saturated rings. The standard InChI is InChI=1S/C14H10N4O2/c15-10-7-17-13(14(19)20)18-12(10)9-5-8-3-1-2-4-11(8)16-6-9/h1-7H,15H2,(H,19,20). The molecule has 0 aliphatic rings. The van der Waals surface area contributed by atoms with Crippen molar-refractivity contribution in [2.75, 3.05) is 5.73 Å². The molecule has 0 spiro atoms. The second-order valence-corrected chi connectivity index (χ2v) is 4.22. The quantitative estimate of drug-likeness (QED) is 0.735. The van der Waals surface area contributed by atoms with Gasteiger partial charge in [0.2, 0.25) is 5.82 Å². The smallest absolute Gasteiger partial charge is 0.373 e. The van der Waals surface area contributed by atoms with Gasteiger partial charge in [-0.1, -0.05) is 18.2 Å². The molecule has 0 radical (unpaired) electrons. The highest BCUT2D eigenvalue weighted by Crippen LogP contribution is 2.25. The minimum Gasteiger partial charge on any atom is -0.475 e. The van der Waals surface area contributed by atoms with Crippen molar-refractivity contribution < 1.29 is 9.90 Å². The zero-order valence-corrected chi connectivity index (χ0v) is 10.3. The molecule has 0 unspecified atom stereocenters. The summed E-state index contributed by atoms with van der Waals surface area (Å²) in [6, 6.07) is 9.48. The van der Waals surface area contributed by atoms with E-state index in [0.717, 1.165) is 10.9 Å². The van der Waals surface area contributed by atoms with Gasteiger partial charge in [-0.05, 0) is 12.1 Å². The number of fused-ring (bicyclic) bond motifs is 1. The Morgan fingerprint density at radius 3 is 2.75 bits per heavy atom. The number of carboxylic acids is 1. The van der Waals surface area contributed by atoms with E-state index in [1.165, 1.54) is 6.20 Å². The van der Waals surface area contributed by atoms with Crippen LogP contribution in [0.25, 0.3) is 22.2 Å². The predicted molar refractivity (Wildman–Crippen MR) is 74.1 cm³/mol. The third-order valence-electron chi connectivity index (χ3n) is 2.87. The molecule has 3 rings (SSSR count). The number of carbonyl (C=O) groups is 1. The Hall–Kier alpha value is -3.02. The molecule has 0 amide bonds. The molecular weight excluding hydrogens is 256 g/mol. The molecule has 0 atom stereocenters. The Labute approximate surface area is 113 Å². The summed E-state index contributed by atoms with van der Waals surface area (Å²) in [5.74, 6) is -1.48. The number of nitrogen functional groups attached to an aromatic ring is 1. The van der Waals surface area contributed by atoms with Crippen molar-refractivity contribution >= 4 is 22.6 Å². The molecule has 0 saturated heterocycles. The monoisotopic (exact) mass is 266 g/mol. The lowest BCUT2D eigenvalue weighted by atomic mass is 10.1. The number of anilines is 1. The molecule has 2 aromatic heterocycles. The minimum atomic E-state index is -1.19. The maximum Gasteiger partial charge on any atom is 0.373 e. The third-order valence-corrected chi connectivity index (χ3v) is 2.87. The fraction of sp³-hybridized carbons (Fsp3) is 0. The van der Waals surface area contributed by atoms with Gasteiger partial charge in [0.15, 0.2) is 0 Å². The van der Waals surface area contributed by atoms with Crippen molar-refractivity contribution in [3.8, 4) is 11.3 Å². The molecule has 0 bridgehead atoms. The van der Waals surface area contributed by atoms with Crippen LogP contribution in [0.15, 0.2) is 42.7 Å². The van der Waals surface area contributed by atoms with Crippen LogP contribution in [0.2, 0.25) is 0 Å². The van der Waals surface area contributed by atoms with Crippen molar-refractivity contribution in [3.05, 3.63) is 48.5 Å². The zero-order valence-electron chi connectivity index (χ0n) is 10.3. The van der Waals surface area contributed by atoms with Crippen molar-refractivity contribution in [1.29, 1.82) is 0 Å². The number of hydrogen-bond donors (Lipinski definition) is 2. The first-order valence-corrected chi connectivity index (χ1v) is 5.86. The van der Waals surface area contributed by atoms with Gasteiger partial charge < -0.3 is 10.8 Å². The number of nitrogens with two attached hydrogens (primary N) is 1. The van der Waals surface area contributed by atoms with E-state index >= 15 is 0 Å². The number of aromatic carboxylic acids is 1. The highest BCUT2D eigenvalue weighted by atomic mass is 16.4.